The maximum absolute atomic E-state index is 13.0. The third-order valence-corrected chi connectivity index (χ3v) is 7.94. The van der Waals surface area contributed by atoms with E-state index < -0.39 is 0 Å². The molecule has 206 valence electrons. The monoisotopic (exact) mass is 555 g/mol. The lowest BCUT2D eigenvalue weighted by Crippen LogP contribution is -2.31. The van der Waals surface area contributed by atoms with Crippen molar-refractivity contribution in [1.29, 1.82) is 0 Å². The molecule has 2 aromatic carbocycles. The fourth-order valence-electron chi connectivity index (χ4n) is 4.58. The highest BCUT2D eigenvalue weighted by atomic mass is 35.5. The number of thiazole rings is 1. The van der Waals surface area contributed by atoms with E-state index in [0.29, 0.717) is 29.5 Å². The maximum Gasteiger partial charge on any atom is 0.255 e. The molecule has 0 bridgehead atoms. The van der Waals surface area contributed by atoms with Crippen molar-refractivity contribution < 1.29 is 14.1 Å². The Morgan fingerprint density at radius 3 is 2.21 bits per heavy atom. The Labute approximate surface area is 238 Å². The first-order chi connectivity index (χ1) is 18.6. The minimum absolute atomic E-state index is 0.182. The molecule has 0 aliphatic rings. The summed E-state index contributed by atoms with van der Waals surface area (Å²) in [4.78, 5) is 14.2. The van der Waals surface area contributed by atoms with Crippen LogP contribution in [0.15, 0.2) is 54.2 Å². The Morgan fingerprint density at radius 1 is 0.921 bits per heavy atom. The molecule has 6 heteroatoms. The zero-order valence-electron chi connectivity index (χ0n) is 23.1. The van der Waals surface area contributed by atoms with Crippen LogP contribution >= 0.6 is 22.9 Å². The Kier molecular flexibility index (Phi) is 13.7. The van der Waals surface area contributed by atoms with E-state index in [1.807, 2.05) is 24.3 Å². The third kappa shape index (κ3) is 10.8. The van der Waals surface area contributed by atoms with Crippen molar-refractivity contribution in [2.45, 2.75) is 97.4 Å². The van der Waals surface area contributed by atoms with Gasteiger partial charge in [0.25, 0.3) is 5.91 Å². The van der Waals surface area contributed by atoms with Crippen LogP contribution in [0, 0.1) is 6.92 Å². The van der Waals surface area contributed by atoms with E-state index in [-0.39, 0.29) is 5.91 Å². The first-order valence-corrected chi connectivity index (χ1v) is 15.6. The minimum atomic E-state index is -0.182. The number of amides is 1. The van der Waals surface area contributed by atoms with Crippen molar-refractivity contribution in [3.8, 4) is 5.75 Å². The van der Waals surface area contributed by atoms with E-state index in [4.69, 9.17) is 16.3 Å². The smallest absolute Gasteiger partial charge is 0.255 e. The first-order valence-electron chi connectivity index (χ1n) is 14.3. The number of hydrogen-bond acceptors (Lipinski definition) is 3. The molecule has 38 heavy (non-hydrogen) atoms. The summed E-state index contributed by atoms with van der Waals surface area (Å²) in [6.45, 7) is 5.71. The van der Waals surface area contributed by atoms with Crippen LogP contribution in [-0.2, 0) is 6.54 Å². The van der Waals surface area contributed by atoms with Gasteiger partial charge >= 0.3 is 0 Å². The lowest BCUT2D eigenvalue weighted by atomic mass is 10.1. The van der Waals surface area contributed by atoms with Crippen LogP contribution in [0.5, 0.6) is 5.75 Å². The highest BCUT2D eigenvalue weighted by Crippen LogP contribution is 2.27. The summed E-state index contributed by atoms with van der Waals surface area (Å²) in [5.41, 5.74) is 4.46. The van der Waals surface area contributed by atoms with Gasteiger partial charge in [-0.15, -0.1) is 0 Å². The molecule has 3 aromatic rings. The molecule has 0 radical (unpaired) electrons. The molecule has 0 spiro atoms. The molecule has 0 aliphatic heterocycles. The number of nitrogens with zero attached hydrogens (tertiary/aromatic N) is 1. The molecule has 0 atom stereocenters. The van der Waals surface area contributed by atoms with Crippen LogP contribution in [0.3, 0.4) is 0 Å². The van der Waals surface area contributed by atoms with Gasteiger partial charge < -0.3 is 10.1 Å². The van der Waals surface area contributed by atoms with Crippen LogP contribution in [-0.4, -0.2) is 12.5 Å². The number of unbranched alkanes of at least 4 members (excludes halogenated alkanes) is 11. The highest BCUT2D eigenvalue weighted by Gasteiger charge is 2.14. The van der Waals surface area contributed by atoms with Crippen LogP contribution in [0.2, 0.25) is 5.02 Å². The van der Waals surface area contributed by atoms with Crippen LogP contribution < -0.4 is 14.6 Å². The summed E-state index contributed by atoms with van der Waals surface area (Å²) in [6.07, 6.45) is 17.9. The fourth-order valence-corrected chi connectivity index (χ4v) is 5.45. The lowest BCUT2D eigenvalue weighted by Gasteiger charge is -2.11. The van der Waals surface area contributed by atoms with Gasteiger partial charge in [0.2, 0.25) is 5.51 Å². The first kappa shape index (κ1) is 30.2. The molecule has 1 N–H and O–H groups in total. The van der Waals surface area contributed by atoms with Crippen LogP contribution in [0.1, 0.15) is 105 Å². The molecular formula is C32H44ClN2O2S+. The average molecular weight is 556 g/mol. The van der Waals surface area contributed by atoms with Crippen molar-refractivity contribution in [3.63, 3.8) is 0 Å². The predicted molar refractivity (Wildman–Crippen MR) is 161 cm³/mol. The number of aryl methyl sites for hydroxylation is 1. The molecule has 0 saturated carbocycles. The van der Waals surface area contributed by atoms with E-state index in [0.717, 1.165) is 17.7 Å². The largest absolute Gasteiger partial charge is 0.492 e. The Balaban J connectivity index is 1.36. The number of nitrogens with one attached hydrogen (secondary N) is 1. The Hall–Kier alpha value is -2.37. The molecule has 1 aromatic heterocycles. The van der Waals surface area contributed by atoms with E-state index in [1.54, 1.807) is 29.5 Å². The van der Waals surface area contributed by atoms with Gasteiger partial charge in [0.05, 0.1) is 22.2 Å². The number of benzene rings is 2. The summed E-state index contributed by atoms with van der Waals surface area (Å²) >= 11 is 8.17. The molecule has 0 aliphatic carbocycles. The molecule has 3 rings (SSSR count). The second kappa shape index (κ2) is 17.3. The van der Waals surface area contributed by atoms with E-state index >= 15 is 0 Å². The second-order valence-corrected chi connectivity index (χ2v) is 11.6. The van der Waals surface area contributed by atoms with Crippen LogP contribution in [0.4, 0.5) is 5.69 Å². The van der Waals surface area contributed by atoms with Gasteiger partial charge in [0.1, 0.15) is 5.75 Å². The van der Waals surface area contributed by atoms with E-state index in [1.165, 1.54) is 75.5 Å². The molecule has 1 amide bonds. The summed E-state index contributed by atoms with van der Waals surface area (Å²) in [5.74, 6) is 0.453. The van der Waals surface area contributed by atoms with E-state index in [9.17, 15) is 4.79 Å². The number of aromatic nitrogens is 1. The molecule has 1 heterocycles. The van der Waals surface area contributed by atoms with Gasteiger partial charge in [0, 0.05) is 11.1 Å². The number of rotatable bonds is 18. The van der Waals surface area contributed by atoms with Crippen molar-refractivity contribution in [3.05, 3.63) is 75.2 Å². The normalized spacial score (nSPS) is 11.0. The van der Waals surface area contributed by atoms with Gasteiger partial charge in [-0.1, -0.05) is 119 Å². The van der Waals surface area contributed by atoms with Gasteiger partial charge in [-0.2, -0.15) is 4.57 Å². The fraction of sp³-hybridized carbons (Fsp3) is 0.500. The Morgan fingerprint density at radius 2 is 1.58 bits per heavy atom. The predicted octanol–water partition coefficient (Wildman–Crippen LogP) is 9.38. The topological polar surface area (TPSA) is 42.2 Å². The maximum atomic E-state index is 13.0. The second-order valence-electron chi connectivity index (χ2n) is 10.1. The number of halogens is 1. The van der Waals surface area contributed by atoms with Crippen molar-refractivity contribution in [1.82, 2.24) is 0 Å². The summed E-state index contributed by atoms with van der Waals surface area (Å²) in [7, 11) is 0. The van der Waals surface area contributed by atoms with Crippen molar-refractivity contribution in [2.24, 2.45) is 0 Å². The molecular weight excluding hydrogens is 512 g/mol. The molecule has 4 nitrogen and oxygen atoms in total. The van der Waals surface area contributed by atoms with Gasteiger partial charge in [-0.25, -0.2) is 0 Å². The highest BCUT2D eigenvalue weighted by molar-refractivity contribution is 7.09. The standard InChI is InChI=1S/C32H43ClN2O2S/c1-3-4-5-6-7-8-9-10-11-12-13-16-21-37-31-20-19-27(22-29(31)33)32(36)34-30-18-15-14-17-28(30)24-35-23-26(2)38-25-35/h14-15,17-20,22-23,25H,3-13,16,21,24H2,1-2H3/p+1. The number of hydrogen-bond donors (Lipinski definition) is 1. The molecule has 0 fully saturated rings. The van der Waals surface area contributed by atoms with Gasteiger partial charge in [-0.3, -0.25) is 4.79 Å². The number of para-hydroxylation sites is 1. The lowest BCUT2D eigenvalue weighted by molar-refractivity contribution is -0.683. The number of ether oxygens (including phenoxy) is 1. The molecule has 0 unspecified atom stereocenters. The number of anilines is 1. The summed E-state index contributed by atoms with van der Waals surface area (Å²) in [6, 6.07) is 13.2. The number of carbonyl (C=O) groups is 1. The van der Waals surface area contributed by atoms with Gasteiger partial charge in [0.15, 0.2) is 12.7 Å². The zero-order chi connectivity index (χ0) is 27.0. The average Bonchev–Trinajstić information content (AvgIpc) is 3.33. The Bertz CT molecular complexity index is 1110. The van der Waals surface area contributed by atoms with Crippen molar-refractivity contribution >= 4 is 34.5 Å². The quantitative estimate of drug-likeness (QED) is 0.125. The summed E-state index contributed by atoms with van der Waals surface area (Å²) < 4.78 is 8.03. The number of carbonyl (C=O) groups excluding carboxylic acids is 1. The third-order valence-electron chi connectivity index (χ3n) is 6.79. The van der Waals surface area contributed by atoms with Gasteiger partial charge in [-0.05, 0) is 37.6 Å². The minimum Gasteiger partial charge on any atom is -0.492 e. The van der Waals surface area contributed by atoms with Crippen molar-refractivity contribution in [2.75, 3.05) is 11.9 Å². The molecule has 0 saturated heterocycles. The zero-order valence-corrected chi connectivity index (χ0v) is 24.7. The summed E-state index contributed by atoms with van der Waals surface area (Å²) in [5, 5.41) is 3.51. The van der Waals surface area contributed by atoms with E-state index in [2.05, 4.69) is 35.4 Å². The SMILES string of the molecule is CCCCCCCCCCCCCCOc1ccc(C(=O)Nc2ccccc2C[n+]2csc(C)c2)cc1Cl. The van der Waals surface area contributed by atoms with Crippen LogP contribution in [0.25, 0.3) is 0 Å².